The lowest BCUT2D eigenvalue weighted by molar-refractivity contribution is 0.141. The summed E-state index contributed by atoms with van der Waals surface area (Å²) in [7, 11) is 0. The molecular formula is C17H13F2NO3. The van der Waals surface area contributed by atoms with E-state index in [0.717, 1.165) is 17.7 Å². The van der Waals surface area contributed by atoms with E-state index in [-0.39, 0.29) is 18.7 Å². The predicted octanol–water partition coefficient (Wildman–Crippen LogP) is 2.95. The Morgan fingerprint density at radius 3 is 2.61 bits per heavy atom. The Labute approximate surface area is 131 Å². The second-order valence-electron chi connectivity index (χ2n) is 4.48. The van der Waals surface area contributed by atoms with Gasteiger partial charge in [-0.25, -0.2) is 9.18 Å². The normalized spacial score (nSPS) is 9.65. The number of hydrogen-bond donors (Lipinski definition) is 2. The number of hydrogen-bond acceptors (Lipinski definition) is 3. The molecule has 0 saturated carbocycles. The van der Waals surface area contributed by atoms with Gasteiger partial charge in [-0.2, -0.15) is 4.39 Å². The maximum atomic E-state index is 13.4. The van der Waals surface area contributed by atoms with Crippen molar-refractivity contribution in [3.05, 3.63) is 65.2 Å². The molecule has 2 N–H and O–H groups in total. The van der Waals surface area contributed by atoms with Crippen LogP contribution < -0.4 is 5.32 Å². The van der Waals surface area contributed by atoms with Crippen LogP contribution in [0.25, 0.3) is 0 Å². The Balaban J connectivity index is 1.81. The number of phenolic OH excluding ortho intramolecular Hbond substituents is 1. The molecule has 0 radical (unpaired) electrons. The summed E-state index contributed by atoms with van der Waals surface area (Å²) in [5.41, 5.74) is 0.634. The van der Waals surface area contributed by atoms with Gasteiger partial charge in [-0.3, -0.25) is 0 Å². The van der Waals surface area contributed by atoms with Crippen molar-refractivity contribution in [1.82, 2.24) is 5.32 Å². The summed E-state index contributed by atoms with van der Waals surface area (Å²) in [6.45, 7) is 0.0352. The third-order valence-electron chi connectivity index (χ3n) is 2.82. The highest BCUT2D eigenvalue weighted by Gasteiger charge is 2.10. The zero-order valence-electron chi connectivity index (χ0n) is 12.0. The summed E-state index contributed by atoms with van der Waals surface area (Å²) in [5, 5.41) is 11.4. The zero-order chi connectivity index (χ0) is 16.7. The Hall–Kier alpha value is -3.07. The molecule has 0 heterocycles. The van der Waals surface area contributed by atoms with Crippen LogP contribution in [0.4, 0.5) is 13.6 Å². The molecule has 2 aromatic rings. The lowest BCUT2D eigenvalue weighted by Crippen LogP contribution is -2.24. The van der Waals surface area contributed by atoms with E-state index in [9.17, 15) is 13.6 Å². The fraction of sp³-hybridized carbons (Fsp3) is 0.118. The van der Waals surface area contributed by atoms with Crippen molar-refractivity contribution in [1.29, 1.82) is 0 Å². The fourth-order valence-corrected chi connectivity index (χ4v) is 1.67. The molecule has 0 atom stereocenters. The summed E-state index contributed by atoms with van der Waals surface area (Å²) in [5.74, 6) is 1.46. The summed E-state index contributed by atoms with van der Waals surface area (Å²) in [6.07, 6.45) is -0.666. The van der Waals surface area contributed by atoms with E-state index in [1.165, 1.54) is 0 Å². The third-order valence-corrected chi connectivity index (χ3v) is 2.82. The van der Waals surface area contributed by atoms with Crippen molar-refractivity contribution in [3.8, 4) is 17.6 Å². The fourth-order valence-electron chi connectivity index (χ4n) is 1.67. The van der Waals surface area contributed by atoms with Crippen molar-refractivity contribution < 1.29 is 23.4 Å². The number of aromatic hydroxyl groups is 1. The van der Waals surface area contributed by atoms with Gasteiger partial charge in [0.15, 0.2) is 11.6 Å². The van der Waals surface area contributed by atoms with Gasteiger partial charge in [0.1, 0.15) is 6.61 Å². The van der Waals surface area contributed by atoms with Gasteiger partial charge in [0.25, 0.3) is 0 Å². The van der Waals surface area contributed by atoms with E-state index >= 15 is 0 Å². The minimum absolute atomic E-state index is 0.0877. The van der Waals surface area contributed by atoms with Crippen LogP contribution >= 0.6 is 0 Å². The van der Waals surface area contributed by atoms with Crippen LogP contribution in [0.15, 0.2) is 42.5 Å². The van der Waals surface area contributed by atoms with E-state index in [2.05, 4.69) is 17.2 Å². The molecule has 6 heteroatoms. The SMILES string of the molecule is O=C(NCC#Cc1ccc(O)c(F)c1F)OCc1ccccc1. The molecule has 0 bridgehead atoms. The van der Waals surface area contributed by atoms with Gasteiger partial charge in [-0.1, -0.05) is 42.2 Å². The number of amides is 1. The van der Waals surface area contributed by atoms with Gasteiger partial charge in [0.05, 0.1) is 12.1 Å². The second-order valence-corrected chi connectivity index (χ2v) is 4.48. The molecule has 0 saturated heterocycles. The summed E-state index contributed by atoms with van der Waals surface area (Å²) in [6, 6.07) is 11.3. The molecule has 0 spiro atoms. The molecular weight excluding hydrogens is 304 g/mol. The number of phenols is 1. The van der Waals surface area contributed by atoms with Crippen LogP contribution in [0.3, 0.4) is 0 Å². The number of carbonyl (C=O) groups excluding carboxylic acids is 1. The zero-order valence-corrected chi connectivity index (χ0v) is 12.0. The van der Waals surface area contributed by atoms with Gasteiger partial charge < -0.3 is 15.2 Å². The Kier molecular flexibility index (Phi) is 5.53. The molecule has 0 aliphatic rings. The van der Waals surface area contributed by atoms with E-state index in [1.807, 2.05) is 30.3 Å². The van der Waals surface area contributed by atoms with E-state index < -0.39 is 23.5 Å². The number of carbonyl (C=O) groups is 1. The van der Waals surface area contributed by atoms with Gasteiger partial charge in [-0.05, 0) is 17.7 Å². The molecule has 0 aliphatic heterocycles. The Morgan fingerprint density at radius 1 is 1.13 bits per heavy atom. The van der Waals surface area contributed by atoms with Gasteiger partial charge >= 0.3 is 6.09 Å². The van der Waals surface area contributed by atoms with Crippen molar-refractivity contribution in [2.45, 2.75) is 6.61 Å². The van der Waals surface area contributed by atoms with Crippen LogP contribution in [0.5, 0.6) is 5.75 Å². The van der Waals surface area contributed by atoms with Crippen LogP contribution in [0, 0.1) is 23.5 Å². The first kappa shape index (κ1) is 16.3. The minimum atomic E-state index is -1.35. The largest absolute Gasteiger partial charge is 0.505 e. The number of ether oxygens (including phenoxy) is 1. The smallest absolute Gasteiger partial charge is 0.408 e. The predicted molar refractivity (Wildman–Crippen MR) is 79.5 cm³/mol. The molecule has 0 aliphatic carbocycles. The minimum Gasteiger partial charge on any atom is -0.505 e. The van der Waals surface area contributed by atoms with Gasteiger partial charge in [-0.15, -0.1) is 0 Å². The molecule has 23 heavy (non-hydrogen) atoms. The van der Waals surface area contributed by atoms with Crippen molar-refractivity contribution in [2.24, 2.45) is 0 Å². The molecule has 4 nitrogen and oxygen atoms in total. The van der Waals surface area contributed by atoms with Gasteiger partial charge in [0, 0.05) is 0 Å². The Bertz CT molecular complexity index is 752. The first-order valence-corrected chi connectivity index (χ1v) is 6.68. The maximum absolute atomic E-state index is 13.4. The number of rotatable bonds is 3. The number of benzene rings is 2. The highest BCUT2D eigenvalue weighted by atomic mass is 19.2. The molecule has 0 unspecified atom stereocenters. The molecule has 2 aromatic carbocycles. The third kappa shape index (κ3) is 4.71. The first-order valence-electron chi connectivity index (χ1n) is 6.68. The second kappa shape index (κ2) is 7.80. The number of halogens is 2. The topological polar surface area (TPSA) is 58.6 Å². The van der Waals surface area contributed by atoms with Crippen LogP contribution in [-0.4, -0.2) is 17.7 Å². The van der Waals surface area contributed by atoms with E-state index in [0.29, 0.717) is 0 Å². The van der Waals surface area contributed by atoms with E-state index in [1.54, 1.807) is 0 Å². The lowest BCUT2D eigenvalue weighted by atomic mass is 10.2. The molecule has 0 aromatic heterocycles. The van der Waals surface area contributed by atoms with Crippen LogP contribution in [0.2, 0.25) is 0 Å². The Morgan fingerprint density at radius 2 is 1.87 bits per heavy atom. The quantitative estimate of drug-likeness (QED) is 0.856. The highest BCUT2D eigenvalue weighted by Crippen LogP contribution is 2.20. The number of nitrogens with one attached hydrogen (secondary N) is 1. The van der Waals surface area contributed by atoms with Crippen LogP contribution in [-0.2, 0) is 11.3 Å². The average Bonchev–Trinajstić information content (AvgIpc) is 2.57. The molecule has 1 amide bonds. The summed E-state index contributed by atoms with van der Waals surface area (Å²) < 4.78 is 31.5. The standard InChI is InChI=1S/C17H13F2NO3/c18-15-13(8-9-14(21)16(15)19)7-4-10-20-17(22)23-11-12-5-2-1-3-6-12/h1-3,5-6,8-9,21H,10-11H2,(H,20,22). The summed E-state index contributed by atoms with van der Waals surface area (Å²) >= 11 is 0. The monoisotopic (exact) mass is 317 g/mol. The number of alkyl carbamates (subject to hydrolysis) is 1. The first-order chi connectivity index (χ1) is 11.1. The van der Waals surface area contributed by atoms with Crippen LogP contribution in [0.1, 0.15) is 11.1 Å². The van der Waals surface area contributed by atoms with E-state index in [4.69, 9.17) is 9.84 Å². The molecule has 118 valence electrons. The van der Waals surface area contributed by atoms with Crippen molar-refractivity contribution >= 4 is 6.09 Å². The average molecular weight is 317 g/mol. The van der Waals surface area contributed by atoms with Crippen molar-refractivity contribution in [3.63, 3.8) is 0 Å². The molecule has 2 rings (SSSR count). The van der Waals surface area contributed by atoms with Gasteiger partial charge in [0.2, 0.25) is 5.82 Å². The highest BCUT2D eigenvalue weighted by molar-refractivity contribution is 5.67. The van der Waals surface area contributed by atoms with Crippen molar-refractivity contribution in [2.75, 3.05) is 6.54 Å². The molecule has 0 fully saturated rings. The lowest BCUT2D eigenvalue weighted by Gasteiger charge is -2.04. The maximum Gasteiger partial charge on any atom is 0.408 e. The summed E-state index contributed by atoms with van der Waals surface area (Å²) in [4.78, 5) is 11.4.